The van der Waals surface area contributed by atoms with Gasteiger partial charge >= 0.3 is 0 Å². The van der Waals surface area contributed by atoms with E-state index in [1.807, 2.05) is 20.8 Å². The fourth-order valence-electron chi connectivity index (χ4n) is 2.29. The van der Waals surface area contributed by atoms with Crippen LogP contribution in [0, 0.1) is 0 Å². The van der Waals surface area contributed by atoms with Gasteiger partial charge in [-0.25, -0.2) is 0 Å². The fraction of sp³-hybridized carbons (Fsp3) is 0.412. The van der Waals surface area contributed by atoms with Crippen molar-refractivity contribution in [3.8, 4) is 0 Å². The van der Waals surface area contributed by atoms with E-state index in [0.717, 1.165) is 18.4 Å². The maximum atomic E-state index is 12.7. The lowest BCUT2D eigenvalue weighted by atomic mass is 10.1. The number of imide groups is 1. The minimum absolute atomic E-state index is 0.165. The molecule has 1 aromatic carbocycles. The number of nitrogens with zero attached hydrogens (tertiary/aromatic N) is 1. The van der Waals surface area contributed by atoms with Crippen molar-refractivity contribution in [3.63, 3.8) is 0 Å². The van der Waals surface area contributed by atoms with Gasteiger partial charge in [0, 0.05) is 16.8 Å². The Labute approximate surface area is 140 Å². The maximum Gasteiger partial charge on any atom is 0.267 e. The maximum absolute atomic E-state index is 12.7. The van der Waals surface area contributed by atoms with Crippen LogP contribution in [0.2, 0.25) is 5.02 Å². The van der Waals surface area contributed by atoms with Gasteiger partial charge in [0.1, 0.15) is 0 Å². The summed E-state index contributed by atoms with van der Waals surface area (Å²) < 4.78 is 0. The topological polar surface area (TPSA) is 37.4 Å². The van der Waals surface area contributed by atoms with Gasteiger partial charge < -0.3 is 0 Å². The van der Waals surface area contributed by atoms with E-state index in [2.05, 4.69) is 0 Å². The first-order chi connectivity index (χ1) is 10.5. The van der Waals surface area contributed by atoms with Crippen LogP contribution >= 0.6 is 23.4 Å². The second-order valence-electron chi connectivity index (χ2n) is 5.49. The summed E-state index contributed by atoms with van der Waals surface area (Å²) in [5.41, 5.74) is 1.27. The molecule has 1 aliphatic heterocycles. The summed E-state index contributed by atoms with van der Waals surface area (Å²) in [7, 11) is 0. The molecular formula is C17H20ClNO2S. The first-order valence-electron chi connectivity index (χ1n) is 7.48. The van der Waals surface area contributed by atoms with Crippen molar-refractivity contribution in [1.29, 1.82) is 0 Å². The van der Waals surface area contributed by atoms with Gasteiger partial charge in [0.15, 0.2) is 0 Å². The summed E-state index contributed by atoms with van der Waals surface area (Å²) >= 11 is 7.37. The molecule has 0 saturated heterocycles. The Morgan fingerprint density at radius 1 is 1.14 bits per heavy atom. The van der Waals surface area contributed by atoms with Crippen molar-refractivity contribution in [2.75, 3.05) is 6.54 Å². The molecule has 1 aromatic rings. The number of carbonyl (C=O) groups is 2. The Hall–Kier alpha value is -1.26. The van der Waals surface area contributed by atoms with Crippen molar-refractivity contribution in [2.24, 2.45) is 0 Å². The molecule has 22 heavy (non-hydrogen) atoms. The lowest BCUT2D eigenvalue weighted by molar-refractivity contribution is -0.136. The smallest absolute Gasteiger partial charge is 0.267 e. The van der Waals surface area contributed by atoms with Crippen molar-refractivity contribution in [2.45, 2.75) is 38.9 Å². The normalized spacial score (nSPS) is 15.4. The molecule has 1 heterocycles. The van der Waals surface area contributed by atoms with Gasteiger partial charge in [0.25, 0.3) is 11.8 Å². The minimum atomic E-state index is -0.191. The Morgan fingerprint density at radius 2 is 1.77 bits per heavy atom. The summed E-state index contributed by atoms with van der Waals surface area (Å²) in [6.45, 7) is 6.56. The summed E-state index contributed by atoms with van der Waals surface area (Å²) in [5, 5.41) is 0.849. The van der Waals surface area contributed by atoms with Crippen LogP contribution in [0.4, 0.5) is 0 Å². The Kier molecular flexibility index (Phi) is 5.70. The van der Waals surface area contributed by atoms with Gasteiger partial charge in [-0.15, -0.1) is 11.8 Å². The summed E-state index contributed by atoms with van der Waals surface area (Å²) in [6, 6.07) is 7.09. The summed E-state index contributed by atoms with van der Waals surface area (Å²) in [4.78, 5) is 27.2. The van der Waals surface area contributed by atoms with Crippen LogP contribution < -0.4 is 0 Å². The highest BCUT2D eigenvalue weighted by Gasteiger charge is 2.38. The van der Waals surface area contributed by atoms with Crippen LogP contribution in [0.3, 0.4) is 0 Å². The number of carbonyl (C=O) groups excluding carboxylic acids is 2. The van der Waals surface area contributed by atoms with Crippen molar-refractivity contribution < 1.29 is 9.59 Å². The van der Waals surface area contributed by atoms with Crippen LogP contribution in [0.15, 0.2) is 29.2 Å². The predicted octanol–water partition coefficient (Wildman–Crippen LogP) is 4.36. The molecule has 0 unspecified atom stereocenters. The Morgan fingerprint density at radius 3 is 2.32 bits per heavy atom. The van der Waals surface area contributed by atoms with Crippen LogP contribution in [-0.4, -0.2) is 28.5 Å². The number of unbranched alkanes of at least 4 members (excludes halogenated alkanes) is 1. The van der Waals surface area contributed by atoms with Gasteiger partial charge in [0.2, 0.25) is 0 Å². The molecule has 0 atom stereocenters. The largest absolute Gasteiger partial charge is 0.274 e. The quantitative estimate of drug-likeness (QED) is 0.724. The molecule has 0 bridgehead atoms. The standard InChI is InChI=1S/C17H20ClNO2S/c1-4-5-10-19-16(20)14(12-6-8-13(18)9-7-12)15(17(19)21)22-11(2)3/h6-9,11H,4-5,10H2,1-3H3. The monoisotopic (exact) mass is 337 g/mol. The first-order valence-corrected chi connectivity index (χ1v) is 8.74. The summed E-state index contributed by atoms with van der Waals surface area (Å²) in [6.07, 6.45) is 1.77. The SMILES string of the molecule is CCCCN1C(=O)C(SC(C)C)=C(c2ccc(Cl)cc2)C1=O. The second kappa shape index (κ2) is 7.34. The highest BCUT2D eigenvalue weighted by atomic mass is 35.5. The molecule has 0 aliphatic carbocycles. The molecule has 0 aromatic heterocycles. The number of rotatable bonds is 6. The Balaban J connectivity index is 2.42. The molecule has 2 rings (SSSR count). The third-order valence-corrected chi connectivity index (χ3v) is 4.69. The van der Waals surface area contributed by atoms with Gasteiger partial charge in [-0.1, -0.05) is 50.9 Å². The molecule has 0 N–H and O–H groups in total. The van der Waals surface area contributed by atoms with Crippen molar-refractivity contribution >= 4 is 40.8 Å². The van der Waals surface area contributed by atoms with E-state index in [-0.39, 0.29) is 17.1 Å². The molecule has 0 radical (unpaired) electrons. The second-order valence-corrected chi connectivity index (χ2v) is 7.52. The highest BCUT2D eigenvalue weighted by molar-refractivity contribution is 8.04. The zero-order chi connectivity index (χ0) is 16.3. The molecule has 1 aliphatic rings. The zero-order valence-electron chi connectivity index (χ0n) is 13.1. The van der Waals surface area contributed by atoms with E-state index in [0.29, 0.717) is 22.0 Å². The number of benzene rings is 1. The summed E-state index contributed by atoms with van der Waals surface area (Å²) in [5.74, 6) is -0.356. The number of hydrogen-bond acceptors (Lipinski definition) is 3. The average Bonchev–Trinajstić information content (AvgIpc) is 2.69. The third kappa shape index (κ3) is 3.55. The molecule has 0 saturated carbocycles. The van der Waals surface area contributed by atoms with Gasteiger partial charge in [-0.05, 0) is 24.1 Å². The van der Waals surface area contributed by atoms with Crippen LogP contribution in [0.5, 0.6) is 0 Å². The molecule has 2 amide bonds. The predicted molar refractivity (Wildman–Crippen MR) is 92.7 cm³/mol. The molecule has 3 nitrogen and oxygen atoms in total. The van der Waals surface area contributed by atoms with E-state index in [1.54, 1.807) is 24.3 Å². The minimum Gasteiger partial charge on any atom is -0.274 e. The highest BCUT2D eigenvalue weighted by Crippen LogP contribution is 2.38. The van der Waals surface area contributed by atoms with Gasteiger partial charge in [0.05, 0.1) is 10.5 Å². The molecule has 0 spiro atoms. The van der Waals surface area contributed by atoms with Crippen LogP contribution in [0.1, 0.15) is 39.2 Å². The van der Waals surface area contributed by atoms with Crippen molar-refractivity contribution in [3.05, 3.63) is 39.8 Å². The third-order valence-electron chi connectivity index (χ3n) is 3.35. The average molecular weight is 338 g/mol. The van der Waals surface area contributed by atoms with E-state index >= 15 is 0 Å². The van der Waals surface area contributed by atoms with E-state index < -0.39 is 0 Å². The first kappa shape index (κ1) is 17.1. The van der Waals surface area contributed by atoms with Crippen LogP contribution in [-0.2, 0) is 9.59 Å². The van der Waals surface area contributed by atoms with E-state index in [9.17, 15) is 9.59 Å². The molecule has 118 valence electrons. The van der Waals surface area contributed by atoms with E-state index in [4.69, 9.17) is 11.6 Å². The zero-order valence-corrected chi connectivity index (χ0v) is 14.6. The number of hydrogen-bond donors (Lipinski definition) is 0. The fourth-order valence-corrected chi connectivity index (χ4v) is 3.42. The molecular weight excluding hydrogens is 318 g/mol. The molecule has 5 heteroatoms. The van der Waals surface area contributed by atoms with E-state index in [1.165, 1.54) is 16.7 Å². The van der Waals surface area contributed by atoms with Gasteiger partial charge in [-0.3, -0.25) is 14.5 Å². The number of thioether (sulfide) groups is 1. The Bertz CT molecular complexity index is 608. The number of halogens is 1. The van der Waals surface area contributed by atoms with Crippen molar-refractivity contribution in [1.82, 2.24) is 4.90 Å². The number of amides is 2. The van der Waals surface area contributed by atoms with Gasteiger partial charge in [-0.2, -0.15) is 0 Å². The van der Waals surface area contributed by atoms with Crippen LogP contribution in [0.25, 0.3) is 5.57 Å². The lowest BCUT2D eigenvalue weighted by Gasteiger charge is -2.14. The lowest BCUT2D eigenvalue weighted by Crippen LogP contribution is -2.32. The molecule has 0 fully saturated rings.